The van der Waals surface area contributed by atoms with Gasteiger partial charge in [-0.25, -0.2) is 4.79 Å². The number of ether oxygens (including phenoxy) is 1. The maximum atomic E-state index is 12.5. The fourth-order valence-electron chi connectivity index (χ4n) is 2.48. The van der Waals surface area contributed by atoms with Gasteiger partial charge >= 0.3 is 5.97 Å². The van der Waals surface area contributed by atoms with E-state index in [1.54, 1.807) is 38.1 Å². The maximum absolute atomic E-state index is 12.5. The van der Waals surface area contributed by atoms with Crippen molar-refractivity contribution in [3.05, 3.63) is 46.4 Å². The number of para-hydroxylation sites is 2. The van der Waals surface area contributed by atoms with Crippen LogP contribution in [0.15, 0.2) is 35.1 Å². The summed E-state index contributed by atoms with van der Waals surface area (Å²) in [6.07, 6.45) is 0.525. The van der Waals surface area contributed by atoms with E-state index in [-0.39, 0.29) is 11.6 Å². The third-order valence-electron chi connectivity index (χ3n) is 4.21. The van der Waals surface area contributed by atoms with Crippen LogP contribution in [0.3, 0.4) is 0 Å². The molecule has 0 radical (unpaired) electrons. The van der Waals surface area contributed by atoms with Crippen molar-refractivity contribution in [2.75, 3.05) is 7.11 Å². The zero-order valence-corrected chi connectivity index (χ0v) is 15.2. The molecule has 9 nitrogen and oxygen atoms in total. The predicted octanol–water partition coefficient (Wildman–Crippen LogP) is 1.18. The van der Waals surface area contributed by atoms with E-state index in [1.807, 2.05) is 0 Å². The van der Waals surface area contributed by atoms with Gasteiger partial charge < -0.3 is 20.3 Å². The average molecular weight is 375 g/mol. The van der Waals surface area contributed by atoms with Crippen molar-refractivity contribution >= 4 is 11.9 Å². The number of carboxylic acid groups (broad SMARTS) is 1. The van der Waals surface area contributed by atoms with Gasteiger partial charge in [0.25, 0.3) is 11.5 Å². The van der Waals surface area contributed by atoms with Crippen LogP contribution in [0, 0.1) is 5.92 Å². The van der Waals surface area contributed by atoms with E-state index in [1.165, 1.54) is 7.11 Å². The summed E-state index contributed by atoms with van der Waals surface area (Å²) >= 11 is 0. The van der Waals surface area contributed by atoms with Crippen molar-refractivity contribution in [1.82, 2.24) is 15.1 Å². The summed E-state index contributed by atoms with van der Waals surface area (Å²) in [6, 6.07) is 6.21. The number of aromatic nitrogens is 2. The minimum absolute atomic E-state index is 0.274. The molecule has 0 aliphatic carbocycles. The topological polar surface area (TPSA) is 131 Å². The molecule has 0 aliphatic heterocycles. The molecule has 144 valence electrons. The van der Waals surface area contributed by atoms with Gasteiger partial charge in [-0.1, -0.05) is 32.4 Å². The largest absolute Gasteiger partial charge is 0.505 e. The van der Waals surface area contributed by atoms with Gasteiger partial charge in [-0.2, -0.15) is 9.78 Å². The Kier molecular flexibility index (Phi) is 6.17. The van der Waals surface area contributed by atoms with E-state index in [4.69, 9.17) is 4.74 Å². The molecule has 1 aromatic carbocycles. The minimum Gasteiger partial charge on any atom is -0.505 e. The van der Waals surface area contributed by atoms with Gasteiger partial charge in [-0.15, -0.1) is 0 Å². The standard InChI is InChI=1S/C18H21N3O6/c1-4-10(2)15(18(25)26)19-17(24)16-12(22)9-14(23)21(20-16)11-7-5-6-8-13(11)27-3/h5-10,15,22H,4H2,1-3H3,(H,19,24)(H,25,26). The van der Waals surface area contributed by atoms with Crippen LogP contribution in [0.2, 0.25) is 0 Å². The number of nitrogens with one attached hydrogen (secondary N) is 1. The van der Waals surface area contributed by atoms with Crippen LogP contribution in [0.1, 0.15) is 30.8 Å². The monoisotopic (exact) mass is 375 g/mol. The lowest BCUT2D eigenvalue weighted by Crippen LogP contribution is -2.45. The van der Waals surface area contributed by atoms with Crippen LogP contribution >= 0.6 is 0 Å². The van der Waals surface area contributed by atoms with Crippen LogP contribution in [-0.2, 0) is 4.79 Å². The summed E-state index contributed by atoms with van der Waals surface area (Å²) in [5.41, 5.74) is -0.865. The Morgan fingerprint density at radius 2 is 2.00 bits per heavy atom. The van der Waals surface area contributed by atoms with E-state index in [0.29, 0.717) is 12.2 Å². The highest BCUT2D eigenvalue weighted by atomic mass is 16.5. The average Bonchev–Trinajstić information content (AvgIpc) is 2.65. The number of carbonyl (C=O) groups excluding carboxylic acids is 1. The van der Waals surface area contributed by atoms with Crippen molar-refractivity contribution in [3.63, 3.8) is 0 Å². The van der Waals surface area contributed by atoms with Crippen LogP contribution in [0.4, 0.5) is 0 Å². The van der Waals surface area contributed by atoms with Crippen molar-refractivity contribution in [2.24, 2.45) is 5.92 Å². The van der Waals surface area contributed by atoms with Crippen LogP contribution in [-0.4, -0.2) is 45.0 Å². The fourth-order valence-corrected chi connectivity index (χ4v) is 2.48. The zero-order valence-electron chi connectivity index (χ0n) is 15.2. The third-order valence-corrected chi connectivity index (χ3v) is 4.21. The molecule has 2 unspecified atom stereocenters. The van der Waals surface area contributed by atoms with Crippen molar-refractivity contribution in [3.8, 4) is 17.2 Å². The number of aromatic hydroxyl groups is 1. The van der Waals surface area contributed by atoms with Gasteiger partial charge in [-0.05, 0) is 18.1 Å². The van der Waals surface area contributed by atoms with E-state index in [2.05, 4.69) is 10.4 Å². The molecule has 1 amide bonds. The number of methoxy groups -OCH3 is 1. The first-order valence-electron chi connectivity index (χ1n) is 8.30. The smallest absolute Gasteiger partial charge is 0.326 e. The Bertz CT molecular complexity index is 908. The van der Waals surface area contributed by atoms with E-state index in [0.717, 1.165) is 10.7 Å². The van der Waals surface area contributed by atoms with Crippen molar-refractivity contribution in [2.45, 2.75) is 26.3 Å². The summed E-state index contributed by atoms with van der Waals surface area (Å²) in [5, 5.41) is 25.6. The lowest BCUT2D eigenvalue weighted by atomic mass is 9.99. The molecule has 27 heavy (non-hydrogen) atoms. The normalized spacial score (nSPS) is 12.9. The highest BCUT2D eigenvalue weighted by Crippen LogP contribution is 2.21. The van der Waals surface area contributed by atoms with Crippen molar-refractivity contribution in [1.29, 1.82) is 0 Å². The number of rotatable bonds is 7. The first-order valence-corrected chi connectivity index (χ1v) is 8.30. The highest BCUT2D eigenvalue weighted by molar-refractivity contribution is 5.97. The van der Waals surface area contributed by atoms with Gasteiger partial charge in [0.2, 0.25) is 0 Å². The Morgan fingerprint density at radius 3 is 2.59 bits per heavy atom. The molecular formula is C18H21N3O6. The van der Waals surface area contributed by atoms with Crippen LogP contribution in [0.5, 0.6) is 11.5 Å². The molecule has 9 heteroatoms. The first kappa shape index (κ1) is 20.0. The minimum atomic E-state index is -1.20. The third kappa shape index (κ3) is 4.25. The molecule has 0 saturated heterocycles. The quantitative estimate of drug-likeness (QED) is 0.662. The van der Waals surface area contributed by atoms with Gasteiger partial charge in [0, 0.05) is 6.07 Å². The second-order valence-corrected chi connectivity index (χ2v) is 5.97. The first-order chi connectivity index (χ1) is 12.8. The van der Waals surface area contributed by atoms with Crippen LogP contribution < -0.4 is 15.6 Å². The number of benzene rings is 1. The number of hydrogen-bond acceptors (Lipinski definition) is 6. The van der Waals surface area contributed by atoms with Gasteiger partial charge in [0.15, 0.2) is 11.4 Å². The molecule has 0 bridgehead atoms. The molecule has 3 N–H and O–H groups in total. The summed E-state index contributed by atoms with van der Waals surface area (Å²) in [4.78, 5) is 36.1. The molecule has 2 aromatic rings. The van der Waals surface area contributed by atoms with E-state index < -0.39 is 34.9 Å². The zero-order chi connectivity index (χ0) is 20.1. The summed E-state index contributed by atoms with van der Waals surface area (Å²) in [7, 11) is 1.42. The molecule has 1 aromatic heterocycles. The molecule has 0 aliphatic rings. The van der Waals surface area contributed by atoms with E-state index in [9.17, 15) is 24.6 Å². The molecule has 2 rings (SSSR count). The van der Waals surface area contributed by atoms with Gasteiger partial charge in [0.1, 0.15) is 17.5 Å². The summed E-state index contributed by atoms with van der Waals surface area (Å²) in [5.74, 6) is -2.74. The Balaban J connectivity index is 2.48. The number of nitrogens with zero attached hydrogens (tertiary/aromatic N) is 2. The SMILES string of the molecule is CCC(C)C(NC(=O)c1nn(-c2ccccc2OC)c(=O)cc1O)C(=O)O. The van der Waals surface area contributed by atoms with Gasteiger partial charge in [0.05, 0.1) is 7.11 Å². The molecule has 0 fully saturated rings. The maximum Gasteiger partial charge on any atom is 0.326 e. The predicted molar refractivity (Wildman–Crippen MR) is 96.4 cm³/mol. The summed E-state index contributed by atoms with van der Waals surface area (Å²) < 4.78 is 6.10. The lowest BCUT2D eigenvalue weighted by Gasteiger charge is -2.20. The second kappa shape index (κ2) is 8.35. The number of hydrogen-bond donors (Lipinski definition) is 3. The Labute approximate surface area is 155 Å². The number of carboxylic acids is 1. The Hall–Kier alpha value is -3.36. The Morgan fingerprint density at radius 1 is 1.33 bits per heavy atom. The molecule has 0 spiro atoms. The number of amides is 1. The molecule has 2 atom stereocenters. The fraction of sp³-hybridized carbons (Fsp3) is 0.333. The summed E-state index contributed by atoms with van der Waals surface area (Å²) in [6.45, 7) is 3.48. The second-order valence-electron chi connectivity index (χ2n) is 5.97. The van der Waals surface area contributed by atoms with Gasteiger partial charge in [-0.3, -0.25) is 9.59 Å². The molecule has 1 heterocycles. The number of aliphatic carboxylic acids is 1. The highest BCUT2D eigenvalue weighted by Gasteiger charge is 2.28. The molecule has 0 saturated carbocycles. The van der Waals surface area contributed by atoms with Crippen molar-refractivity contribution < 1.29 is 24.5 Å². The van der Waals surface area contributed by atoms with Crippen LogP contribution in [0.25, 0.3) is 5.69 Å². The van der Waals surface area contributed by atoms with E-state index >= 15 is 0 Å². The lowest BCUT2D eigenvalue weighted by molar-refractivity contribution is -0.140. The molecular weight excluding hydrogens is 354 g/mol. The number of carbonyl (C=O) groups is 2.